The molecule has 1 fully saturated rings. The van der Waals surface area contributed by atoms with Gasteiger partial charge in [-0.3, -0.25) is 4.99 Å². The van der Waals surface area contributed by atoms with E-state index >= 15 is 4.39 Å². The van der Waals surface area contributed by atoms with Crippen molar-refractivity contribution in [3.63, 3.8) is 0 Å². The summed E-state index contributed by atoms with van der Waals surface area (Å²) in [6.07, 6.45) is 12.4. The van der Waals surface area contributed by atoms with Crippen LogP contribution in [0.1, 0.15) is 136 Å². The van der Waals surface area contributed by atoms with Crippen molar-refractivity contribution in [3.05, 3.63) is 58.5 Å². The molecule has 2 atom stereocenters. The first kappa shape index (κ1) is 39.4. The third-order valence-electron chi connectivity index (χ3n) is 11.0. The van der Waals surface area contributed by atoms with Crippen LogP contribution in [0.25, 0.3) is 27.5 Å². The molecular weight excluding hydrogens is 652 g/mol. The minimum atomic E-state index is -0.253. The third-order valence-corrected chi connectivity index (χ3v) is 11.0. The van der Waals surface area contributed by atoms with E-state index in [0.717, 1.165) is 101 Å². The van der Waals surface area contributed by atoms with Gasteiger partial charge in [-0.25, -0.2) is 4.39 Å². The number of aliphatic imine (C=N–C) groups is 1. The van der Waals surface area contributed by atoms with Crippen LogP contribution in [0.15, 0.2) is 35.3 Å². The highest BCUT2D eigenvalue weighted by molar-refractivity contribution is 6.51. The molecule has 2 aliphatic rings. The van der Waals surface area contributed by atoms with Crippen LogP contribution in [0, 0.1) is 11.2 Å². The fraction of sp³-hybridized carbons (Fsp3) is 0.568. The molecule has 0 spiro atoms. The number of benzene rings is 2. The first-order valence-electron chi connectivity index (χ1n) is 19.9. The second kappa shape index (κ2) is 17.8. The molecule has 7 nitrogen and oxygen atoms in total. The Hall–Kier alpha value is -3.78. The molecule has 5 rings (SSSR count). The number of anilines is 1. The van der Waals surface area contributed by atoms with Crippen LogP contribution in [0.4, 0.5) is 10.2 Å². The molecule has 1 aliphatic carbocycles. The Morgan fingerprint density at radius 1 is 1.06 bits per heavy atom. The Morgan fingerprint density at radius 2 is 1.83 bits per heavy atom. The number of phenolic OH excluding ortho intramolecular Hbond substituents is 1. The topological polar surface area (TPSA) is 80.1 Å². The zero-order valence-corrected chi connectivity index (χ0v) is 33.0. The van der Waals surface area contributed by atoms with Gasteiger partial charge in [0.15, 0.2) is 0 Å². The van der Waals surface area contributed by atoms with Crippen LogP contribution >= 0.6 is 0 Å². The van der Waals surface area contributed by atoms with E-state index in [2.05, 4.69) is 52.5 Å². The molecule has 1 aliphatic heterocycles. The molecule has 8 heteroatoms. The Bertz CT molecular complexity index is 1810. The summed E-state index contributed by atoms with van der Waals surface area (Å²) in [5, 5.41) is 12.7. The SMILES string of the molecule is C/C=C1\C(=NC(C)CC)C(c2cc(O)cc3ccc(F)c(CC)c23)=C(C)c2nc(OCC(C)(CCCC)CCCCC)nc(N3CCCOCC3)c21. The molecule has 2 aromatic carbocycles. The van der Waals surface area contributed by atoms with Crippen molar-refractivity contribution in [1.82, 2.24) is 9.97 Å². The molecular formula is C44H61FN4O3. The molecule has 0 saturated carbocycles. The normalized spacial score (nSPS) is 18.5. The molecule has 0 bridgehead atoms. The van der Waals surface area contributed by atoms with Gasteiger partial charge in [0.25, 0.3) is 0 Å². The van der Waals surface area contributed by atoms with Crippen molar-refractivity contribution >= 4 is 39.0 Å². The van der Waals surface area contributed by atoms with Crippen molar-refractivity contribution in [3.8, 4) is 11.8 Å². The maximum absolute atomic E-state index is 15.5. The molecule has 1 aromatic heterocycles. The average Bonchev–Trinajstić information content (AvgIpc) is 3.43. The van der Waals surface area contributed by atoms with E-state index in [9.17, 15) is 5.11 Å². The highest BCUT2D eigenvalue weighted by Gasteiger charge is 2.35. The van der Waals surface area contributed by atoms with Gasteiger partial charge in [-0.1, -0.05) is 78.9 Å². The van der Waals surface area contributed by atoms with E-state index in [-0.39, 0.29) is 23.0 Å². The summed E-state index contributed by atoms with van der Waals surface area (Å²) in [7, 11) is 0. The standard InChI is InChI=1S/C44H61FN4O3/c1-9-14-16-21-44(8,20-15-10-2)28-52-43-47-40-30(7)37(35-27-32(50)26-31-18-19-36(45)33(12-4)38(31)35)41(46-29(6)11-3)34(13-5)39(40)42(48-43)49-22-17-24-51-25-23-49/h13,18-19,26-27,29,50H,9-12,14-17,20-25,28H2,1-8H3/b34-13-,46-41?. The van der Waals surface area contributed by atoms with Gasteiger partial charge in [-0.05, 0) is 98.5 Å². The van der Waals surface area contributed by atoms with Gasteiger partial charge in [0, 0.05) is 42.3 Å². The maximum atomic E-state index is 15.5. The lowest BCUT2D eigenvalue weighted by molar-refractivity contribution is 0.125. The molecule has 1 saturated heterocycles. The van der Waals surface area contributed by atoms with E-state index < -0.39 is 0 Å². The lowest BCUT2D eigenvalue weighted by Crippen LogP contribution is -2.31. The Balaban J connectivity index is 1.80. The molecule has 3 aromatic rings. The highest BCUT2D eigenvalue weighted by Crippen LogP contribution is 2.47. The minimum Gasteiger partial charge on any atom is -0.508 e. The number of hydrogen-bond donors (Lipinski definition) is 1. The lowest BCUT2D eigenvalue weighted by Gasteiger charge is -2.33. The Morgan fingerprint density at radius 3 is 2.54 bits per heavy atom. The zero-order chi connectivity index (χ0) is 37.4. The van der Waals surface area contributed by atoms with Crippen LogP contribution in [-0.4, -0.2) is 59.7 Å². The van der Waals surface area contributed by atoms with Crippen LogP contribution in [-0.2, 0) is 11.2 Å². The van der Waals surface area contributed by atoms with Crippen LogP contribution in [0.3, 0.4) is 0 Å². The van der Waals surface area contributed by atoms with Gasteiger partial charge >= 0.3 is 6.01 Å². The Kier molecular flexibility index (Phi) is 13.5. The number of allylic oxidation sites excluding steroid dienone is 4. The predicted molar refractivity (Wildman–Crippen MR) is 215 cm³/mol. The molecule has 0 amide bonds. The molecule has 1 N–H and O–H groups in total. The van der Waals surface area contributed by atoms with Crippen LogP contribution in [0.2, 0.25) is 0 Å². The lowest BCUT2D eigenvalue weighted by atomic mass is 9.78. The van der Waals surface area contributed by atoms with Crippen molar-refractivity contribution < 1.29 is 19.0 Å². The summed E-state index contributed by atoms with van der Waals surface area (Å²) in [6, 6.07) is 7.13. The monoisotopic (exact) mass is 712 g/mol. The van der Waals surface area contributed by atoms with Crippen LogP contribution in [0.5, 0.6) is 11.8 Å². The number of fused-ring (bicyclic) bond motifs is 2. The largest absolute Gasteiger partial charge is 0.508 e. The van der Waals surface area contributed by atoms with E-state index in [4.69, 9.17) is 24.4 Å². The summed E-state index contributed by atoms with van der Waals surface area (Å²) in [5.74, 6) is 0.701. The fourth-order valence-corrected chi connectivity index (χ4v) is 7.76. The highest BCUT2D eigenvalue weighted by atomic mass is 19.1. The number of aromatic hydroxyl groups is 1. The first-order chi connectivity index (χ1) is 25.1. The van der Waals surface area contributed by atoms with E-state index in [0.29, 0.717) is 44.4 Å². The van der Waals surface area contributed by atoms with Crippen molar-refractivity contribution in [2.45, 2.75) is 126 Å². The van der Waals surface area contributed by atoms with Crippen molar-refractivity contribution in [2.75, 3.05) is 37.8 Å². The van der Waals surface area contributed by atoms with Crippen molar-refractivity contribution in [2.24, 2.45) is 10.4 Å². The van der Waals surface area contributed by atoms with Gasteiger partial charge < -0.3 is 19.5 Å². The quantitative estimate of drug-likeness (QED) is 0.158. The average molecular weight is 713 g/mol. The van der Waals surface area contributed by atoms with E-state index in [1.807, 2.05) is 13.8 Å². The fourth-order valence-electron chi connectivity index (χ4n) is 7.76. The number of hydrogen-bond acceptors (Lipinski definition) is 7. The van der Waals surface area contributed by atoms with Gasteiger partial charge in [0.05, 0.1) is 30.2 Å². The number of unbranched alkanes of at least 4 members (excludes halogenated alkanes) is 3. The zero-order valence-electron chi connectivity index (χ0n) is 33.0. The summed E-state index contributed by atoms with van der Waals surface area (Å²) in [6.45, 7) is 20.6. The summed E-state index contributed by atoms with van der Waals surface area (Å²) < 4.78 is 28.1. The second-order valence-corrected chi connectivity index (χ2v) is 15.1. The first-order valence-corrected chi connectivity index (χ1v) is 19.9. The molecule has 2 heterocycles. The molecule has 282 valence electrons. The third kappa shape index (κ3) is 8.54. The summed E-state index contributed by atoms with van der Waals surface area (Å²) >= 11 is 0. The minimum absolute atomic E-state index is 0.0167. The van der Waals surface area contributed by atoms with Gasteiger partial charge in [-0.15, -0.1) is 0 Å². The number of aromatic nitrogens is 2. The maximum Gasteiger partial charge on any atom is 0.318 e. The van der Waals surface area contributed by atoms with Crippen LogP contribution < -0.4 is 9.64 Å². The molecule has 2 unspecified atom stereocenters. The van der Waals surface area contributed by atoms with E-state index in [1.54, 1.807) is 18.2 Å². The number of rotatable bonds is 15. The number of aryl methyl sites for hydroxylation is 1. The smallest absolute Gasteiger partial charge is 0.318 e. The Labute approximate surface area is 311 Å². The second-order valence-electron chi connectivity index (χ2n) is 15.1. The molecule has 0 radical (unpaired) electrons. The number of phenols is 1. The van der Waals surface area contributed by atoms with Gasteiger partial charge in [0.1, 0.15) is 17.4 Å². The van der Waals surface area contributed by atoms with Crippen molar-refractivity contribution in [1.29, 1.82) is 0 Å². The summed E-state index contributed by atoms with van der Waals surface area (Å²) in [4.78, 5) is 18.2. The van der Waals surface area contributed by atoms with Gasteiger partial charge in [-0.2, -0.15) is 9.97 Å². The number of ether oxygens (including phenoxy) is 2. The van der Waals surface area contributed by atoms with Gasteiger partial charge in [0.2, 0.25) is 0 Å². The van der Waals surface area contributed by atoms with E-state index in [1.165, 1.54) is 25.3 Å². The predicted octanol–water partition coefficient (Wildman–Crippen LogP) is 11.0. The number of halogens is 1. The summed E-state index contributed by atoms with van der Waals surface area (Å²) in [5.41, 5.74) is 6.60. The molecule has 52 heavy (non-hydrogen) atoms. The number of nitrogens with zero attached hydrogens (tertiary/aromatic N) is 4.